The molecular formula is C46H28S. The summed E-state index contributed by atoms with van der Waals surface area (Å²) in [5.74, 6) is 0. The van der Waals surface area contributed by atoms with Crippen LogP contribution in [-0.2, 0) is 0 Å². The number of fused-ring (bicyclic) bond motifs is 11. The van der Waals surface area contributed by atoms with E-state index in [1.54, 1.807) is 0 Å². The van der Waals surface area contributed by atoms with E-state index in [0.717, 1.165) is 0 Å². The number of benzene rings is 9. The largest absolute Gasteiger partial charge is 0.134 e. The van der Waals surface area contributed by atoms with Gasteiger partial charge in [0.25, 0.3) is 0 Å². The van der Waals surface area contributed by atoms with Gasteiger partial charge in [0.2, 0.25) is 0 Å². The molecule has 0 nitrogen and oxygen atoms in total. The molecule has 0 aliphatic carbocycles. The number of thiophene rings is 1. The highest BCUT2D eigenvalue weighted by Gasteiger charge is 2.13. The van der Waals surface area contributed by atoms with E-state index < -0.39 is 0 Å². The maximum Gasteiger partial charge on any atom is 0.0434 e. The fourth-order valence-electron chi connectivity index (χ4n) is 7.54. The molecule has 1 heterocycles. The van der Waals surface area contributed by atoms with Gasteiger partial charge in [0.1, 0.15) is 0 Å². The molecule has 1 heteroatoms. The molecule has 0 bridgehead atoms. The van der Waals surface area contributed by atoms with Crippen LogP contribution in [0.4, 0.5) is 0 Å². The Hall–Kier alpha value is -5.76. The van der Waals surface area contributed by atoms with Gasteiger partial charge < -0.3 is 0 Å². The Morgan fingerprint density at radius 1 is 0.255 bits per heavy atom. The summed E-state index contributed by atoms with van der Waals surface area (Å²) in [6.45, 7) is 0. The van der Waals surface area contributed by atoms with E-state index in [1.807, 2.05) is 11.3 Å². The van der Waals surface area contributed by atoms with Crippen molar-refractivity contribution in [2.24, 2.45) is 0 Å². The lowest BCUT2D eigenvalue weighted by Gasteiger charge is -2.12. The molecule has 0 aliphatic rings. The smallest absolute Gasteiger partial charge is 0.0434 e. The van der Waals surface area contributed by atoms with Crippen LogP contribution < -0.4 is 0 Å². The first-order valence-corrected chi connectivity index (χ1v) is 17.0. The van der Waals surface area contributed by atoms with E-state index in [1.165, 1.54) is 96.6 Å². The second kappa shape index (κ2) is 10.4. The first kappa shape index (κ1) is 26.5. The van der Waals surface area contributed by atoms with Crippen molar-refractivity contribution in [1.29, 1.82) is 0 Å². The predicted octanol–water partition coefficient (Wildman–Crippen LogP) is 13.7. The summed E-state index contributed by atoms with van der Waals surface area (Å²) in [5.41, 5.74) is 7.47. The monoisotopic (exact) mass is 612 g/mol. The van der Waals surface area contributed by atoms with Crippen molar-refractivity contribution < 1.29 is 0 Å². The van der Waals surface area contributed by atoms with Gasteiger partial charge in [-0.1, -0.05) is 164 Å². The van der Waals surface area contributed by atoms with E-state index in [2.05, 4.69) is 170 Å². The molecular weight excluding hydrogens is 585 g/mol. The maximum absolute atomic E-state index is 2.37. The molecule has 47 heavy (non-hydrogen) atoms. The van der Waals surface area contributed by atoms with Crippen LogP contribution in [0.2, 0.25) is 0 Å². The van der Waals surface area contributed by atoms with Gasteiger partial charge in [-0.3, -0.25) is 0 Å². The molecule has 0 spiro atoms. The minimum Gasteiger partial charge on any atom is -0.134 e. The second-order valence-corrected chi connectivity index (χ2v) is 13.5. The zero-order chi connectivity index (χ0) is 30.9. The Morgan fingerprint density at radius 2 is 0.702 bits per heavy atom. The molecule has 0 fully saturated rings. The molecule has 9 aromatic carbocycles. The van der Waals surface area contributed by atoms with Crippen LogP contribution in [0.5, 0.6) is 0 Å². The highest BCUT2D eigenvalue weighted by Crippen LogP contribution is 2.43. The predicted molar refractivity (Wildman–Crippen MR) is 206 cm³/mol. The Labute approximate surface area is 276 Å². The van der Waals surface area contributed by atoms with Gasteiger partial charge in [-0.05, 0) is 82.5 Å². The zero-order valence-corrected chi connectivity index (χ0v) is 26.4. The van der Waals surface area contributed by atoms with Crippen molar-refractivity contribution in [3.63, 3.8) is 0 Å². The Bertz CT molecular complexity index is 2780. The molecule has 0 saturated heterocycles. The van der Waals surface area contributed by atoms with Crippen molar-refractivity contribution in [2.45, 2.75) is 0 Å². The lowest BCUT2D eigenvalue weighted by atomic mass is 9.91. The van der Waals surface area contributed by atoms with Gasteiger partial charge >= 0.3 is 0 Å². The average molecular weight is 613 g/mol. The van der Waals surface area contributed by atoms with Crippen molar-refractivity contribution in [3.05, 3.63) is 170 Å². The molecule has 10 rings (SSSR count). The molecule has 218 valence electrons. The van der Waals surface area contributed by atoms with Gasteiger partial charge in [0.05, 0.1) is 0 Å². The third kappa shape index (κ3) is 4.14. The highest BCUT2D eigenvalue weighted by atomic mass is 32.1. The van der Waals surface area contributed by atoms with E-state index in [0.29, 0.717) is 0 Å². The summed E-state index contributed by atoms with van der Waals surface area (Å²) in [6.07, 6.45) is 0. The minimum absolute atomic E-state index is 1.23. The molecule has 0 amide bonds. The van der Waals surface area contributed by atoms with Crippen LogP contribution in [0.1, 0.15) is 0 Å². The van der Waals surface area contributed by atoms with E-state index in [4.69, 9.17) is 0 Å². The number of hydrogen-bond donors (Lipinski definition) is 0. The Balaban J connectivity index is 1.00. The molecule has 0 unspecified atom stereocenters. The molecule has 0 saturated carbocycles. The maximum atomic E-state index is 2.37. The lowest BCUT2D eigenvalue weighted by molar-refractivity contribution is 1.60. The summed E-state index contributed by atoms with van der Waals surface area (Å²) in [4.78, 5) is 0. The zero-order valence-electron chi connectivity index (χ0n) is 25.6. The minimum atomic E-state index is 1.23. The fraction of sp³-hybridized carbons (Fsp3) is 0. The normalized spacial score (nSPS) is 11.8. The molecule has 1 aromatic heterocycles. The fourth-order valence-corrected chi connectivity index (χ4v) is 8.91. The molecule has 0 aliphatic heterocycles. The van der Waals surface area contributed by atoms with Gasteiger partial charge in [-0.2, -0.15) is 0 Å². The van der Waals surface area contributed by atoms with Gasteiger partial charge in [0, 0.05) is 20.2 Å². The van der Waals surface area contributed by atoms with Crippen LogP contribution in [0.25, 0.3) is 96.6 Å². The van der Waals surface area contributed by atoms with Crippen molar-refractivity contribution in [3.8, 4) is 33.4 Å². The van der Waals surface area contributed by atoms with Gasteiger partial charge in [0.15, 0.2) is 0 Å². The molecule has 10 aromatic rings. The molecule has 0 N–H and O–H groups in total. The van der Waals surface area contributed by atoms with Crippen molar-refractivity contribution in [1.82, 2.24) is 0 Å². The Kier molecular flexibility index (Phi) is 5.85. The van der Waals surface area contributed by atoms with E-state index in [9.17, 15) is 0 Å². The third-order valence-corrected chi connectivity index (χ3v) is 11.2. The summed E-state index contributed by atoms with van der Waals surface area (Å²) in [5, 5.41) is 13.2. The first-order valence-electron chi connectivity index (χ1n) is 16.2. The van der Waals surface area contributed by atoms with Crippen LogP contribution in [0.15, 0.2) is 170 Å². The molecule has 0 radical (unpaired) electrons. The van der Waals surface area contributed by atoms with Crippen molar-refractivity contribution in [2.75, 3.05) is 0 Å². The van der Waals surface area contributed by atoms with Crippen LogP contribution in [0.3, 0.4) is 0 Å². The lowest BCUT2D eigenvalue weighted by Crippen LogP contribution is -1.85. The number of rotatable bonds is 3. The SMILES string of the molecule is c1ccc2c(c1)ccc1c3cccc(-c4ccc(-c5ccc(-c6ccc7c8ccccc8c8ccccc8c7c6)cc5)cc4)c3sc21. The summed E-state index contributed by atoms with van der Waals surface area (Å²) in [6, 6.07) is 62.6. The second-order valence-electron chi connectivity index (χ2n) is 12.5. The van der Waals surface area contributed by atoms with Gasteiger partial charge in [-0.15, -0.1) is 11.3 Å². The number of hydrogen-bond acceptors (Lipinski definition) is 1. The summed E-state index contributed by atoms with van der Waals surface area (Å²) in [7, 11) is 0. The van der Waals surface area contributed by atoms with Gasteiger partial charge in [-0.25, -0.2) is 0 Å². The van der Waals surface area contributed by atoms with E-state index >= 15 is 0 Å². The standard InChI is InChI=1S/C46H28S/c1-2-9-35-32(8-1)24-27-43-42-15-7-14-36(45(42)47-46(35)43)33-22-20-30(21-23-33)29-16-18-31(19-17-29)34-25-26-41-39-12-4-3-10-37(39)38-11-5-6-13-40(38)44(41)28-34/h1-28H. The first-order chi connectivity index (χ1) is 23.3. The topological polar surface area (TPSA) is 0 Å². The molecule has 0 atom stereocenters. The Morgan fingerprint density at radius 3 is 1.36 bits per heavy atom. The quantitative estimate of drug-likeness (QED) is 0.174. The third-order valence-electron chi connectivity index (χ3n) is 9.88. The average Bonchev–Trinajstić information content (AvgIpc) is 3.55. The van der Waals surface area contributed by atoms with Crippen molar-refractivity contribution >= 4 is 74.6 Å². The van der Waals surface area contributed by atoms with Crippen LogP contribution >= 0.6 is 11.3 Å². The van der Waals surface area contributed by atoms with Crippen LogP contribution in [-0.4, -0.2) is 0 Å². The highest BCUT2D eigenvalue weighted by molar-refractivity contribution is 7.27. The van der Waals surface area contributed by atoms with E-state index in [-0.39, 0.29) is 0 Å². The summed E-state index contributed by atoms with van der Waals surface area (Å²) < 4.78 is 2.72. The summed E-state index contributed by atoms with van der Waals surface area (Å²) >= 11 is 1.91. The van der Waals surface area contributed by atoms with Crippen LogP contribution in [0, 0.1) is 0 Å².